The number of halogens is 1. The quantitative estimate of drug-likeness (QED) is 0.488. The standard InChI is InChI=1S/C30H31FN4O4S/c1-19-15-22(18-32-17-19)29(37)33-24-7-10-27-26(16-24)30(11-13-34(14-12-30)20(2)36)28(21-3-4-21)35(27)40(38,39)25-8-5-23(31)6-9-25/h5-10,15-18,21,28H,3-4,11-14H2,1-2H3,(H,33,37). The van der Waals surface area contributed by atoms with E-state index in [9.17, 15) is 22.4 Å². The van der Waals surface area contributed by atoms with Crippen LogP contribution in [0.1, 0.15) is 54.1 Å². The van der Waals surface area contributed by atoms with Gasteiger partial charge in [0.1, 0.15) is 5.82 Å². The average Bonchev–Trinajstić information content (AvgIpc) is 3.73. The Morgan fingerprint density at radius 1 is 1.02 bits per heavy atom. The summed E-state index contributed by atoms with van der Waals surface area (Å²) in [6, 6.07) is 11.8. The van der Waals surface area contributed by atoms with Gasteiger partial charge >= 0.3 is 0 Å². The molecule has 2 amide bonds. The van der Waals surface area contributed by atoms with E-state index >= 15 is 0 Å². The van der Waals surface area contributed by atoms with Gasteiger partial charge in [0.05, 0.1) is 22.2 Å². The van der Waals surface area contributed by atoms with Gasteiger partial charge in [-0.1, -0.05) is 0 Å². The Morgan fingerprint density at radius 3 is 2.35 bits per heavy atom. The molecule has 1 aromatic heterocycles. The lowest BCUT2D eigenvalue weighted by Crippen LogP contribution is -2.54. The summed E-state index contributed by atoms with van der Waals surface area (Å²) in [6.45, 7) is 4.46. The van der Waals surface area contributed by atoms with Crippen LogP contribution in [0.5, 0.6) is 0 Å². The van der Waals surface area contributed by atoms with Gasteiger partial charge in [0.2, 0.25) is 5.91 Å². The van der Waals surface area contributed by atoms with Gasteiger partial charge in [0, 0.05) is 43.5 Å². The molecule has 3 heterocycles. The van der Waals surface area contributed by atoms with Crippen LogP contribution in [0.4, 0.5) is 15.8 Å². The average molecular weight is 563 g/mol. The van der Waals surface area contributed by atoms with Crippen molar-refractivity contribution in [1.29, 1.82) is 0 Å². The molecule has 1 saturated carbocycles. The SMILES string of the molecule is CC(=O)N1CCC2(CC1)c1cc(NC(=O)c3cncc(C)c3)ccc1N(S(=O)(=O)c1ccc(F)cc1)C2C1CC1. The monoisotopic (exact) mass is 562 g/mol. The van der Waals surface area contributed by atoms with Gasteiger partial charge < -0.3 is 10.2 Å². The molecule has 2 fully saturated rings. The third-order valence-electron chi connectivity index (χ3n) is 8.52. The number of pyridine rings is 1. The summed E-state index contributed by atoms with van der Waals surface area (Å²) < 4.78 is 43.6. The van der Waals surface area contributed by atoms with Crippen molar-refractivity contribution in [3.63, 3.8) is 0 Å². The highest BCUT2D eigenvalue weighted by Gasteiger charge is 2.60. The van der Waals surface area contributed by atoms with E-state index in [-0.39, 0.29) is 28.7 Å². The number of nitrogens with one attached hydrogen (secondary N) is 1. The van der Waals surface area contributed by atoms with E-state index < -0.39 is 21.3 Å². The van der Waals surface area contributed by atoms with Gasteiger partial charge in [-0.2, -0.15) is 0 Å². The van der Waals surface area contributed by atoms with Crippen LogP contribution in [0.15, 0.2) is 65.8 Å². The molecule has 0 radical (unpaired) electrons. The number of carbonyl (C=O) groups excluding carboxylic acids is 2. The summed E-state index contributed by atoms with van der Waals surface area (Å²) >= 11 is 0. The van der Waals surface area contributed by atoms with Gasteiger partial charge in [0.15, 0.2) is 0 Å². The number of amides is 2. The summed E-state index contributed by atoms with van der Waals surface area (Å²) in [7, 11) is -4.02. The van der Waals surface area contributed by atoms with E-state index in [0.717, 1.165) is 36.1 Å². The fourth-order valence-corrected chi connectivity index (χ4v) is 8.26. The second kappa shape index (κ2) is 9.69. The zero-order valence-electron chi connectivity index (χ0n) is 22.4. The number of hydrogen-bond acceptors (Lipinski definition) is 5. The molecule has 3 aliphatic rings. The summed E-state index contributed by atoms with van der Waals surface area (Å²) in [5.41, 5.74) is 2.77. The number of likely N-dealkylation sites (tertiary alicyclic amines) is 1. The van der Waals surface area contributed by atoms with E-state index in [4.69, 9.17) is 0 Å². The fourth-order valence-electron chi connectivity index (χ4n) is 6.46. The van der Waals surface area contributed by atoms with Crippen molar-refractivity contribution in [2.24, 2.45) is 5.92 Å². The van der Waals surface area contributed by atoms with Crippen LogP contribution in [-0.4, -0.2) is 49.2 Å². The third-order valence-corrected chi connectivity index (χ3v) is 10.3. The highest BCUT2D eigenvalue weighted by molar-refractivity contribution is 7.92. The molecule has 6 rings (SSSR count). The topological polar surface area (TPSA) is 99.7 Å². The lowest BCUT2D eigenvalue weighted by atomic mass is 9.68. The molecule has 1 atom stereocenters. The van der Waals surface area contributed by atoms with Crippen LogP contribution in [0.3, 0.4) is 0 Å². The molecule has 208 valence electrons. The van der Waals surface area contributed by atoms with E-state index in [1.807, 2.05) is 17.9 Å². The van der Waals surface area contributed by atoms with E-state index in [1.165, 1.54) is 18.3 Å². The molecule has 3 aromatic rings. The predicted octanol–water partition coefficient (Wildman–Crippen LogP) is 4.65. The first-order valence-corrected chi connectivity index (χ1v) is 15.0. The molecular weight excluding hydrogens is 531 g/mol. The molecule has 8 nitrogen and oxygen atoms in total. The maximum absolute atomic E-state index is 14.2. The summed E-state index contributed by atoms with van der Waals surface area (Å²) in [5.74, 6) is -0.636. The van der Waals surface area contributed by atoms with Crippen molar-refractivity contribution >= 4 is 33.2 Å². The number of carbonyl (C=O) groups is 2. The van der Waals surface area contributed by atoms with Crippen molar-refractivity contribution in [1.82, 2.24) is 9.88 Å². The van der Waals surface area contributed by atoms with Crippen molar-refractivity contribution in [2.75, 3.05) is 22.7 Å². The summed E-state index contributed by atoms with van der Waals surface area (Å²) in [6.07, 6.45) is 6.23. The van der Waals surface area contributed by atoms with Crippen LogP contribution in [-0.2, 0) is 20.2 Å². The van der Waals surface area contributed by atoms with E-state index in [2.05, 4.69) is 10.3 Å². The van der Waals surface area contributed by atoms with Gasteiger partial charge in [-0.05, 0) is 98.2 Å². The van der Waals surface area contributed by atoms with Crippen molar-refractivity contribution < 1.29 is 22.4 Å². The Morgan fingerprint density at radius 2 is 1.73 bits per heavy atom. The van der Waals surface area contributed by atoms with E-state index in [0.29, 0.717) is 42.9 Å². The number of piperidine rings is 1. The zero-order chi connectivity index (χ0) is 28.2. The number of sulfonamides is 1. The van der Waals surface area contributed by atoms with Crippen LogP contribution in [0.25, 0.3) is 0 Å². The van der Waals surface area contributed by atoms with Crippen molar-refractivity contribution in [3.05, 3.63) is 83.4 Å². The number of anilines is 2. The Hall–Kier alpha value is -3.79. The minimum atomic E-state index is -4.02. The molecule has 2 aliphatic heterocycles. The molecule has 0 bridgehead atoms. The number of rotatable bonds is 5. The number of hydrogen-bond donors (Lipinski definition) is 1. The number of benzene rings is 2. The molecule has 10 heteroatoms. The molecular formula is C30H31FN4O4S. The first kappa shape index (κ1) is 26.4. The molecule has 1 spiro atoms. The van der Waals surface area contributed by atoms with Gasteiger partial charge in [-0.15, -0.1) is 0 Å². The second-order valence-corrected chi connectivity index (χ2v) is 13.0. The van der Waals surface area contributed by atoms with Crippen LogP contribution >= 0.6 is 0 Å². The van der Waals surface area contributed by atoms with Crippen LogP contribution in [0.2, 0.25) is 0 Å². The van der Waals surface area contributed by atoms with Crippen LogP contribution in [0, 0.1) is 18.7 Å². The Balaban J connectivity index is 1.45. The first-order valence-electron chi connectivity index (χ1n) is 13.5. The molecule has 40 heavy (non-hydrogen) atoms. The largest absolute Gasteiger partial charge is 0.343 e. The number of fused-ring (bicyclic) bond motifs is 2. The Labute approximate surface area is 233 Å². The predicted molar refractivity (Wildman–Crippen MR) is 149 cm³/mol. The molecule has 1 N–H and O–H groups in total. The highest BCUT2D eigenvalue weighted by Crippen LogP contribution is 2.59. The summed E-state index contributed by atoms with van der Waals surface area (Å²) in [4.78, 5) is 31.2. The van der Waals surface area contributed by atoms with Crippen molar-refractivity contribution in [2.45, 2.75) is 55.9 Å². The maximum Gasteiger partial charge on any atom is 0.264 e. The number of aryl methyl sites for hydroxylation is 1. The molecule has 1 unspecified atom stereocenters. The Kier molecular flexibility index (Phi) is 6.40. The van der Waals surface area contributed by atoms with E-state index in [1.54, 1.807) is 35.6 Å². The number of nitrogens with zero attached hydrogens (tertiary/aromatic N) is 3. The number of aromatic nitrogens is 1. The normalized spacial score (nSPS) is 19.9. The summed E-state index contributed by atoms with van der Waals surface area (Å²) in [5, 5.41) is 2.96. The van der Waals surface area contributed by atoms with Gasteiger partial charge in [0.25, 0.3) is 15.9 Å². The van der Waals surface area contributed by atoms with Crippen molar-refractivity contribution in [3.8, 4) is 0 Å². The first-order chi connectivity index (χ1) is 19.1. The minimum absolute atomic E-state index is 0.000361. The second-order valence-electron chi connectivity index (χ2n) is 11.1. The molecule has 2 aromatic carbocycles. The highest BCUT2D eigenvalue weighted by atomic mass is 32.2. The van der Waals surface area contributed by atoms with Gasteiger partial charge in [-0.25, -0.2) is 12.8 Å². The zero-order valence-corrected chi connectivity index (χ0v) is 23.2. The Bertz CT molecular complexity index is 1600. The fraction of sp³-hybridized carbons (Fsp3) is 0.367. The minimum Gasteiger partial charge on any atom is -0.343 e. The maximum atomic E-state index is 14.2. The lowest BCUT2D eigenvalue weighted by molar-refractivity contribution is -0.130. The molecule has 1 aliphatic carbocycles. The third kappa shape index (κ3) is 4.44. The van der Waals surface area contributed by atoms with Gasteiger partial charge in [-0.3, -0.25) is 18.9 Å². The smallest absolute Gasteiger partial charge is 0.264 e. The van der Waals surface area contributed by atoms with Crippen LogP contribution < -0.4 is 9.62 Å². The lowest BCUT2D eigenvalue weighted by Gasteiger charge is -2.45. The molecule has 1 saturated heterocycles.